The predicted octanol–water partition coefficient (Wildman–Crippen LogP) is 3.19. The Morgan fingerprint density at radius 2 is 1.94 bits per heavy atom. The van der Waals surface area contributed by atoms with Crippen LogP contribution in [0.5, 0.6) is 5.75 Å². The molecular weight excluding hydrogens is 390 g/mol. The molecule has 1 aliphatic carbocycles. The summed E-state index contributed by atoms with van der Waals surface area (Å²) in [5.41, 5.74) is 1.36. The van der Waals surface area contributed by atoms with Crippen LogP contribution in [0.1, 0.15) is 64.4 Å². The lowest BCUT2D eigenvalue weighted by molar-refractivity contribution is -0.129. The van der Waals surface area contributed by atoms with Crippen molar-refractivity contribution in [1.82, 2.24) is 15.5 Å². The standard InChI is InChI=1S/C25H39N3O3/c1-18-17-28(14-12-25(18,2)20-5-4-6-22(29)15-20)13-11-19-7-9-21(10-8-19)27-24(31)16-23(30)26-3/h4-6,15,18-19,21,29H,7-14,16-17H2,1-3H3,(H,26,30)(H,27,31). The van der Waals surface area contributed by atoms with Crippen LogP contribution in [0.25, 0.3) is 0 Å². The van der Waals surface area contributed by atoms with Gasteiger partial charge in [0.2, 0.25) is 11.8 Å². The zero-order chi connectivity index (χ0) is 22.4. The van der Waals surface area contributed by atoms with Gasteiger partial charge in [-0.25, -0.2) is 0 Å². The average Bonchev–Trinajstić information content (AvgIpc) is 2.75. The van der Waals surface area contributed by atoms with Crippen molar-refractivity contribution >= 4 is 11.8 Å². The molecule has 1 aliphatic heterocycles. The van der Waals surface area contributed by atoms with Crippen molar-refractivity contribution in [2.24, 2.45) is 11.8 Å². The third kappa shape index (κ3) is 6.22. The molecule has 31 heavy (non-hydrogen) atoms. The van der Waals surface area contributed by atoms with E-state index in [9.17, 15) is 14.7 Å². The molecule has 2 atom stereocenters. The van der Waals surface area contributed by atoms with Crippen LogP contribution in [0, 0.1) is 11.8 Å². The number of hydrogen-bond donors (Lipinski definition) is 3. The lowest BCUT2D eigenvalue weighted by atomic mass is 9.68. The first-order valence-corrected chi connectivity index (χ1v) is 11.8. The van der Waals surface area contributed by atoms with Crippen LogP contribution < -0.4 is 10.6 Å². The summed E-state index contributed by atoms with van der Waals surface area (Å²) < 4.78 is 0. The highest BCUT2D eigenvalue weighted by atomic mass is 16.3. The Balaban J connectivity index is 1.39. The van der Waals surface area contributed by atoms with Crippen LogP contribution >= 0.6 is 0 Å². The van der Waals surface area contributed by atoms with E-state index in [1.807, 2.05) is 12.1 Å². The molecule has 1 saturated carbocycles. The summed E-state index contributed by atoms with van der Waals surface area (Å²) in [6.07, 6.45) is 6.57. The number of carbonyl (C=O) groups is 2. The van der Waals surface area contributed by atoms with E-state index < -0.39 is 0 Å². The fourth-order valence-corrected chi connectivity index (χ4v) is 5.28. The third-order valence-corrected chi connectivity index (χ3v) is 7.74. The number of rotatable bonds is 7. The molecule has 0 radical (unpaired) electrons. The Labute approximate surface area is 186 Å². The third-order valence-electron chi connectivity index (χ3n) is 7.74. The molecule has 0 spiro atoms. The van der Waals surface area contributed by atoms with Crippen molar-refractivity contribution in [3.8, 4) is 5.75 Å². The minimum atomic E-state index is -0.234. The van der Waals surface area contributed by atoms with E-state index in [0.717, 1.165) is 57.7 Å². The van der Waals surface area contributed by atoms with E-state index in [2.05, 4.69) is 35.4 Å². The highest BCUT2D eigenvalue weighted by Crippen LogP contribution is 2.40. The summed E-state index contributed by atoms with van der Waals surface area (Å²) in [7, 11) is 1.55. The zero-order valence-electron chi connectivity index (χ0n) is 19.3. The summed E-state index contributed by atoms with van der Waals surface area (Å²) in [5, 5.41) is 15.4. The summed E-state index contributed by atoms with van der Waals surface area (Å²) in [4.78, 5) is 25.8. The van der Waals surface area contributed by atoms with Gasteiger partial charge in [-0.15, -0.1) is 0 Å². The second kappa shape index (κ2) is 10.5. The Morgan fingerprint density at radius 3 is 2.58 bits per heavy atom. The van der Waals surface area contributed by atoms with Crippen LogP contribution in [-0.4, -0.2) is 54.5 Å². The molecule has 2 aliphatic rings. The summed E-state index contributed by atoms with van der Waals surface area (Å²) >= 11 is 0. The van der Waals surface area contributed by atoms with E-state index in [-0.39, 0.29) is 29.7 Å². The monoisotopic (exact) mass is 429 g/mol. The highest BCUT2D eigenvalue weighted by molar-refractivity contribution is 5.96. The zero-order valence-corrected chi connectivity index (χ0v) is 19.3. The number of nitrogens with one attached hydrogen (secondary N) is 2. The van der Waals surface area contributed by atoms with Gasteiger partial charge in [-0.1, -0.05) is 26.0 Å². The fraction of sp³-hybridized carbons (Fsp3) is 0.680. The second-order valence-electron chi connectivity index (χ2n) is 9.84. The first kappa shape index (κ1) is 23.6. The van der Waals surface area contributed by atoms with Gasteiger partial charge in [0, 0.05) is 19.6 Å². The molecule has 2 unspecified atom stereocenters. The largest absolute Gasteiger partial charge is 0.508 e. The quantitative estimate of drug-likeness (QED) is 0.582. The lowest BCUT2D eigenvalue weighted by Gasteiger charge is -2.45. The van der Waals surface area contributed by atoms with Crippen LogP contribution in [0.15, 0.2) is 24.3 Å². The van der Waals surface area contributed by atoms with E-state index in [4.69, 9.17) is 0 Å². The van der Waals surface area contributed by atoms with Crippen molar-refractivity contribution in [2.45, 2.75) is 70.3 Å². The number of hydrogen-bond acceptors (Lipinski definition) is 4. The Morgan fingerprint density at radius 1 is 1.19 bits per heavy atom. The number of nitrogens with zero attached hydrogens (tertiary/aromatic N) is 1. The van der Waals surface area contributed by atoms with Crippen LogP contribution in [0.2, 0.25) is 0 Å². The van der Waals surface area contributed by atoms with Gasteiger partial charge in [-0.2, -0.15) is 0 Å². The first-order chi connectivity index (χ1) is 14.8. The molecule has 1 saturated heterocycles. The van der Waals surface area contributed by atoms with E-state index in [1.165, 1.54) is 12.0 Å². The first-order valence-electron chi connectivity index (χ1n) is 11.8. The summed E-state index contributed by atoms with van der Waals surface area (Å²) in [6.45, 7) is 8.00. The lowest BCUT2D eigenvalue weighted by Crippen LogP contribution is -2.47. The van der Waals surface area contributed by atoms with Crippen LogP contribution in [-0.2, 0) is 15.0 Å². The molecule has 0 bridgehead atoms. The molecule has 2 amide bonds. The van der Waals surface area contributed by atoms with Gasteiger partial charge in [0.25, 0.3) is 0 Å². The van der Waals surface area contributed by atoms with Crippen molar-refractivity contribution < 1.29 is 14.7 Å². The fourth-order valence-electron chi connectivity index (χ4n) is 5.28. The molecule has 3 rings (SSSR count). The predicted molar refractivity (Wildman–Crippen MR) is 123 cm³/mol. The smallest absolute Gasteiger partial charge is 0.229 e. The maximum atomic E-state index is 11.9. The molecule has 3 N–H and O–H groups in total. The number of amides is 2. The van der Waals surface area contributed by atoms with Crippen molar-refractivity contribution in [2.75, 3.05) is 26.7 Å². The molecule has 1 heterocycles. The molecular formula is C25H39N3O3. The normalized spacial score (nSPS) is 29.3. The number of benzene rings is 1. The Hall–Kier alpha value is -2.08. The highest BCUT2D eigenvalue weighted by Gasteiger charge is 2.38. The summed E-state index contributed by atoms with van der Waals surface area (Å²) in [5.74, 6) is 1.21. The van der Waals surface area contributed by atoms with Gasteiger partial charge in [0.05, 0.1) is 0 Å². The average molecular weight is 430 g/mol. The maximum Gasteiger partial charge on any atom is 0.229 e. The number of phenolic OH excluding ortho intramolecular Hbond substituents is 1. The van der Waals surface area contributed by atoms with Gasteiger partial charge in [-0.3, -0.25) is 9.59 Å². The minimum Gasteiger partial charge on any atom is -0.508 e. The molecule has 6 nitrogen and oxygen atoms in total. The number of carbonyl (C=O) groups excluding carboxylic acids is 2. The van der Waals surface area contributed by atoms with Crippen molar-refractivity contribution in [1.29, 1.82) is 0 Å². The van der Waals surface area contributed by atoms with Crippen LogP contribution in [0.3, 0.4) is 0 Å². The molecule has 0 aromatic heterocycles. The van der Waals surface area contributed by atoms with Gasteiger partial charge < -0.3 is 20.6 Å². The van der Waals surface area contributed by atoms with Gasteiger partial charge >= 0.3 is 0 Å². The van der Waals surface area contributed by atoms with Gasteiger partial charge in [0.15, 0.2) is 0 Å². The molecule has 172 valence electrons. The van der Waals surface area contributed by atoms with E-state index in [1.54, 1.807) is 13.1 Å². The van der Waals surface area contributed by atoms with Crippen molar-refractivity contribution in [3.05, 3.63) is 29.8 Å². The molecule has 2 fully saturated rings. The van der Waals surface area contributed by atoms with E-state index in [0.29, 0.717) is 11.7 Å². The number of phenols is 1. The SMILES string of the molecule is CNC(=O)CC(=O)NC1CCC(CCN2CCC(C)(c3cccc(O)c3)C(C)C2)CC1. The summed E-state index contributed by atoms with van der Waals surface area (Å²) in [6, 6.07) is 7.99. The molecule has 1 aromatic rings. The molecule has 1 aromatic carbocycles. The second-order valence-corrected chi connectivity index (χ2v) is 9.84. The van der Waals surface area contributed by atoms with E-state index >= 15 is 0 Å². The Bertz CT molecular complexity index is 760. The maximum absolute atomic E-state index is 11.9. The topological polar surface area (TPSA) is 81.7 Å². The number of aromatic hydroxyl groups is 1. The van der Waals surface area contributed by atoms with Gasteiger partial charge in [0.1, 0.15) is 12.2 Å². The number of piperidine rings is 1. The van der Waals surface area contributed by atoms with Gasteiger partial charge in [-0.05, 0) is 86.6 Å². The Kier molecular flexibility index (Phi) is 7.98. The number of likely N-dealkylation sites (tertiary alicyclic amines) is 1. The van der Waals surface area contributed by atoms with Crippen LogP contribution in [0.4, 0.5) is 0 Å². The van der Waals surface area contributed by atoms with Crippen molar-refractivity contribution in [3.63, 3.8) is 0 Å². The molecule has 6 heteroatoms. The minimum absolute atomic E-state index is 0.0783.